The lowest BCUT2D eigenvalue weighted by atomic mass is 10.2. The predicted octanol–water partition coefficient (Wildman–Crippen LogP) is 1.50. The first-order chi connectivity index (χ1) is 10.6. The third-order valence-electron chi connectivity index (χ3n) is 3.82. The van der Waals surface area contributed by atoms with Crippen molar-refractivity contribution in [3.05, 3.63) is 54.1 Å². The normalized spacial score (nSPS) is 16.6. The van der Waals surface area contributed by atoms with E-state index in [1.54, 1.807) is 6.20 Å². The summed E-state index contributed by atoms with van der Waals surface area (Å²) < 4.78 is 31.8. The van der Waals surface area contributed by atoms with Gasteiger partial charge in [0, 0.05) is 26.0 Å². The molecule has 1 aliphatic carbocycles. The molecule has 2 N–H and O–H groups in total. The zero-order valence-electron chi connectivity index (χ0n) is 12.4. The van der Waals surface area contributed by atoms with E-state index in [9.17, 15) is 8.42 Å². The molecular weight excluding hydrogens is 300 g/mol. The van der Waals surface area contributed by atoms with Crippen LogP contribution in [0.25, 0.3) is 0 Å². The molecule has 0 amide bonds. The molecule has 1 aromatic carbocycles. The van der Waals surface area contributed by atoms with Crippen LogP contribution >= 0.6 is 0 Å². The maximum Gasteiger partial charge on any atom is 0.277 e. The van der Waals surface area contributed by atoms with E-state index in [0.29, 0.717) is 5.92 Å². The van der Waals surface area contributed by atoms with E-state index in [4.69, 9.17) is 0 Å². The quantitative estimate of drug-likeness (QED) is 0.811. The van der Waals surface area contributed by atoms with Crippen LogP contribution in [0.15, 0.2) is 42.7 Å². The van der Waals surface area contributed by atoms with E-state index in [0.717, 1.165) is 24.2 Å². The first-order valence-electron chi connectivity index (χ1n) is 7.33. The topological polar surface area (TPSA) is 76.0 Å². The zero-order chi connectivity index (χ0) is 15.6. The van der Waals surface area contributed by atoms with Crippen molar-refractivity contribution in [1.82, 2.24) is 19.0 Å². The highest BCUT2D eigenvalue weighted by molar-refractivity contribution is 7.87. The van der Waals surface area contributed by atoms with Crippen LogP contribution in [0.5, 0.6) is 0 Å². The smallest absolute Gasteiger partial charge is 0.277 e. The largest absolute Gasteiger partial charge is 0.337 e. The number of nitrogens with zero attached hydrogens (tertiary/aromatic N) is 2. The van der Waals surface area contributed by atoms with E-state index in [1.807, 2.05) is 48.1 Å². The molecule has 1 atom stereocenters. The van der Waals surface area contributed by atoms with E-state index in [-0.39, 0.29) is 12.6 Å². The van der Waals surface area contributed by atoms with E-state index < -0.39 is 10.2 Å². The van der Waals surface area contributed by atoms with Gasteiger partial charge in [0.05, 0.1) is 6.04 Å². The second-order valence-corrected chi connectivity index (χ2v) is 7.17. The molecule has 0 saturated heterocycles. The van der Waals surface area contributed by atoms with Crippen molar-refractivity contribution in [2.24, 2.45) is 13.0 Å². The summed E-state index contributed by atoms with van der Waals surface area (Å²) in [5.74, 6) is 1.09. The molecule has 2 aromatic rings. The summed E-state index contributed by atoms with van der Waals surface area (Å²) in [5.41, 5.74) is 0.924. The molecular formula is C15H20N4O2S. The van der Waals surface area contributed by atoms with Gasteiger partial charge in [-0.3, -0.25) is 0 Å². The van der Waals surface area contributed by atoms with Crippen molar-refractivity contribution in [2.75, 3.05) is 0 Å². The summed E-state index contributed by atoms with van der Waals surface area (Å²) in [6.45, 7) is 0.272. The highest BCUT2D eigenvalue weighted by Crippen LogP contribution is 2.40. The minimum absolute atomic E-state index is 0.270. The first-order valence-corrected chi connectivity index (χ1v) is 8.81. The average molecular weight is 320 g/mol. The molecule has 1 fully saturated rings. The molecule has 22 heavy (non-hydrogen) atoms. The molecule has 1 heterocycles. The Morgan fingerprint density at radius 3 is 2.64 bits per heavy atom. The number of imidazole rings is 1. The number of hydrogen-bond donors (Lipinski definition) is 2. The third-order valence-corrected chi connectivity index (χ3v) is 4.91. The Hall–Kier alpha value is -1.70. The summed E-state index contributed by atoms with van der Waals surface area (Å²) in [5, 5.41) is 0. The minimum atomic E-state index is -3.58. The zero-order valence-corrected chi connectivity index (χ0v) is 13.3. The van der Waals surface area contributed by atoms with E-state index in [1.165, 1.54) is 0 Å². The standard InChI is InChI=1S/C15H20N4O2S/c1-19-10-9-16-15(19)14(13-7-8-13)18-22(20,21)17-11-12-5-3-2-4-6-12/h2-6,9-10,13-14,17-18H,7-8,11H2,1H3/t14-/m1/s1. The van der Waals surface area contributed by atoms with Gasteiger partial charge in [-0.05, 0) is 24.3 Å². The second-order valence-electron chi connectivity index (χ2n) is 5.64. The Bertz CT molecular complexity index is 723. The Morgan fingerprint density at radius 2 is 2.05 bits per heavy atom. The molecule has 1 aliphatic rings. The second kappa shape index (κ2) is 6.20. The monoisotopic (exact) mass is 320 g/mol. The molecule has 7 heteroatoms. The Labute approximate surface area is 130 Å². The lowest BCUT2D eigenvalue weighted by Gasteiger charge is -2.18. The van der Waals surface area contributed by atoms with Gasteiger partial charge in [-0.2, -0.15) is 17.9 Å². The minimum Gasteiger partial charge on any atom is -0.337 e. The Kier molecular flexibility index (Phi) is 4.28. The molecule has 1 saturated carbocycles. The van der Waals surface area contributed by atoms with E-state index in [2.05, 4.69) is 14.4 Å². The van der Waals surface area contributed by atoms with Crippen LogP contribution in [0.1, 0.15) is 30.3 Å². The van der Waals surface area contributed by atoms with Gasteiger partial charge in [0.1, 0.15) is 5.82 Å². The Morgan fingerprint density at radius 1 is 1.32 bits per heavy atom. The van der Waals surface area contributed by atoms with Gasteiger partial charge in [0.2, 0.25) is 0 Å². The van der Waals surface area contributed by atoms with Gasteiger partial charge >= 0.3 is 0 Å². The summed E-state index contributed by atoms with van der Waals surface area (Å²) in [4.78, 5) is 4.29. The first kappa shape index (κ1) is 15.2. The highest BCUT2D eigenvalue weighted by atomic mass is 32.2. The van der Waals surface area contributed by atoms with Gasteiger partial charge in [-0.1, -0.05) is 30.3 Å². The van der Waals surface area contributed by atoms with Crippen molar-refractivity contribution in [3.63, 3.8) is 0 Å². The van der Waals surface area contributed by atoms with Crippen LogP contribution in [0.2, 0.25) is 0 Å². The van der Waals surface area contributed by atoms with Crippen LogP contribution in [-0.2, 0) is 23.8 Å². The molecule has 0 unspecified atom stereocenters. The number of nitrogens with one attached hydrogen (secondary N) is 2. The maximum absolute atomic E-state index is 12.3. The molecule has 0 bridgehead atoms. The summed E-state index contributed by atoms with van der Waals surface area (Å²) in [6.07, 6.45) is 5.57. The maximum atomic E-state index is 12.3. The summed E-state index contributed by atoms with van der Waals surface area (Å²) in [7, 11) is -1.70. The number of hydrogen-bond acceptors (Lipinski definition) is 3. The molecule has 3 rings (SSSR count). The molecule has 0 spiro atoms. The van der Waals surface area contributed by atoms with Crippen molar-refractivity contribution in [3.8, 4) is 0 Å². The van der Waals surface area contributed by atoms with Crippen LogP contribution in [0.3, 0.4) is 0 Å². The summed E-state index contributed by atoms with van der Waals surface area (Å²) in [6, 6.07) is 9.18. The van der Waals surface area contributed by atoms with Crippen molar-refractivity contribution >= 4 is 10.2 Å². The fourth-order valence-corrected chi connectivity index (χ4v) is 3.52. The van der Waals surface area contributed by atoms with Crippen LogP contribution in [0, 0.1) is 5.92 Å². The van der Waals surface area contributed by atoms with Gasteiger partial charge in [-0.15, -0.1) is 0 Å². The van der Waals surface area contributed by atoms with Crippen molar-refractivity contribution < 1.29 is 8.42 Å². The lowest BCUT2D eigenvalue weighted by Crippen LogP contribution is -2.40. The van der Waals surface area contributed by atoms with Gasteiger partial charge in [0.15, 0.2) is 0 Å². The number of aryl methyl sites for hydroxylation is 1. The molecule has 6 nitrogen and oxygen atoms in total. The van der Waals surface area contributed by atoms with E-state index >= 15 is 0 Å². The highest BCUT2D eigenvalue weighted by Gasteiger charge is 2.37. The van der Waals surface area contributed by atoms with Gasteiger partial charge in [0.25, 0.3) is 10.2 Å². The van der Waals surface area contributed by atoms with Crippen LogP contribution in [0.4, 0.5) is 0 Å². The molecule has 0 aliphatic heterocycles. The van der Waals surface area contributed by atoms with Crippen LogP contribution < -0.4 is 9.44 Å². The lowest BCUT2D eigenvalue weighted by molar-refractivity contribution is 0.492. The van der Waals surface area contributed by atoms with Crippen LogP contribution in [-0.4, -0.2) is 18.0 Å². The van der Waals surface area contributed by atoms with Crippen molar-refractivity contribution in [2.45, 2.75) is 25.4 Å². The van der Waals surface area contributed by atoms with Gasteiger partial charge in [-0.25, -0.2) is 4.98 Å². The number of aromatic nitrogens is 2. The van der Waals surface area contributed by atoms with Crippen molar-refractivity contribution in [1.29, 1.82) is 0 Å². The summed E-state index contributed by atoms with van der Waals surface area (Å²) >= 11 is 0. The Balaban J connectivity index is 1.68. The molecule has 0 radical (unpaired) electrons. The predicted molar refractivity (Wildman–Crippen MR) is 84.0 cm³/mol. The molecule has 118 valence electrons. The average Bonchev–Trinajstić information content (AvgIpc) is 3.26. The fraction of sp³-hybridized carbons (Fsp3) is 0.400. The fourth-order valence-electron chi connectivity index (χ4n) is 2.45. The van der Waals surface area contributed by atoms with Gasteiger partial charge < -0.3 is 4.57 Å². The third kappa shape index (κ3) is 3.73. The SMILES string of the molecule is Cn1ccnc1[C@H](NS(=O)(=O)NCc1ccccc1)C1CC1. The number of rotatable bonds is 7. The number of benzene rings is 1. The molecule has 1 aromatic heterocycles.